The molecular formula is C20H38IN5O. The van der Waals surface area contributed by atoms with Gasteiger partial charge in [-0.05, 0) is 52.1 Å². The topological polar surface area (TPSA) is 60.0 Å². The molecule has 0 aromatic rings. The summed E-state index contributed by atoms with van der Waals surface area (Å²) in [5, 5.41) is 7.03. The number of aliphatic imine (C=N–C) groups is 1. The van der Waals surface area contributed by atoms with Crippen molar-refractivity contribution in [1.29, 1.82) is 0 Å². The first-order valence-corrected chi connectivity index (χ1v) is 10.5. The van der Waals surface area contributed by atoms with Gasteiger partial charge in [0, 0.05) is 44.7 Å². The van der Waals surface area contributed by atoms with Crippen LogP contribution < -0.4 is 10.6 Å². The van der Waals surface area contributed by atoms with E-state index in [1.54, 1.807) is 0 Å². The van der Waals surface area contributed by atoms with Gasteiger partial charge in [-0.2, -0.15) is 0 Å². The molecule has 2 saturated carbocycles. The average molecular weight is 491 g/mol. The number of amides is 1. The van der Waals surface area contributed by atoms with E-state index < -0.39 is 0 Å². The van der Waals surface area contributed by atoms with Gasteiger partial charge in [-0.3, -0.25) is 9.79 Å². The number of hydrogen-bond donors (Lipinski definition) is 2. The minimum absolute atomic E-state index is 0. The van der Waals surface area contributed by atoms with Crippen LogP contribution in [0.25, 0.3) is 0 Å². The highest BCUT2D eigenvalue weighted by atomic mass is 127. The summed E-state index contributed by atoms with van der Waals surface area (Å²) in [7, 11) is 6.15. The number of nitrogens with one attached hydrogen (secondary N) is 2. The predicted molar refractivity (Wildman–Crippen MR) is 122 cm³/mol. The molecule has 6 nitrogen and oxygen atoms in total. The molecule has 156 valence electrons. The van der Waals surface area contributed by atoms with Crippen LogP contribution in [0.5, 0.6) is 0 Å². The highest BCUT2D eigenvalue weighted by molar-refractivity contribution is 14.0. The third-order valence-corrected chi connectivity index (χ3v) is 6.33. The zero-order valence-electron chi connectivity index (χ0n) is 17.2. The Morgan fingerprint density at radius 1 is 1.15 bits per heavy atom. The van der Waals surface area contributed by atoms with Gasteiger partial charge in [0.2, 0.25) is 5.91 Å². The van der Waals surface area contributed by atoms with Gasteiger partial charge in [0.05, 0.1) is 0 Å². The smallest absolute Gasteiger partial charge is 0.225 e. The number of carbonyl (C=O) groups excluding carboxylic acids is 1. The molecule has 27 heavy (non-hydrogen) atoms. The standard InChI is InChI=1S/C20H37N5O.HI/c1-21-20(22-13-18(24(2)3)15-9-10-15)23-17-11-12-25(14-17)19(26)16-7-5-4-6-8-16;/h15-18H,4-14H2,1-3H3,(H2,21,22,23);1H. The lowest BCUT2D eigenvalue weighted by Crippen LogP contribution is -2.49. The average Bonchev–Trinajstić information content (AvgIpc) is 3.38. The van der Waals surface area contributed by atoms with Crippen LogP contribution in [0.3, 0.4) is 0 Å². The highest BCUT2D eigenvalue weighted by Gasteiger charge is 2.34. The van der Waals surface area contributed by atoms with Gasteiger partial charge in [0.15, 0.2) is 5.96 Å². The molecule has 0 radical (unpaired) electrons. The number of rotatable bonds is 6. The van der Waals surface area contributed by atoms with Crippen LogP contribution in [-0.2, 0) is 4.79 Å². The van der Waals surface area contributed by atoms with Gasteiger partial charge < -0.3 is 20.4 Å². The maximum Gasteiger partial charge on any atom is 0.225 e. The molecule has 3 rings (SSSR count). The van der Waals surface area contributed by atoms with Crippen LogP contribution in [0.15, 0.2) is 4.99 Å². The van der Waals surface area contributed by atoms with E-state index in [1.807, 2.05) is 7.05 Å². The number of halogens is 1. The molecule has 2 unspecified atom stereocenters. The molecule has 3 fully saturated rings. The lowest BCUT2D eigenvalue weighted by atomic mass is 9.88. The Hall–Kier alpha value is -0.570. The number of hydrogen-bond acceptors (Lipinski definition) is 3. The molecule has 3 aliphatic rings. The van der Waals surface area contributed by atoms with E-state index in [0.717, 1.165) is 50.8 Å². The van der Waals surface area contributed by atoms with Crippen molar-refractivity contribution in [2.24, 2.45) is 16.8 Å². The van der Waals surface area contributed by atoms with Crippen molar-refractivity contribution in [3.8, 4) is 0 Å². The first-order chi connectivity index (χ1) is 12.6. The largest absolute Gasteiger partial charge is 0.355 e. The molecule has 2 aliphatic carbocycles. The van der Waals surface area contributed by atoms with Crippen molar-refractivity contribution in [3.05, 3.63) is 0 Å². The van der Waals surface area contributed by atoms with Crippen molar-refractivity contribution in [1.82, 2.24) is 20.4 Å². The summed E-state index contributed by atoms with van der Waals surface area (Å²) in [6.45, 7) is 2.62. The quantitative estimate of drug-likeness (QED) is 0.340. The second-order valence-electron chi connectivity index (χ2n) is 8.57. The Balaban J connectivity index is 0.00000261. The summed E-state index contributed by atoms with van der Waals surface area (Å²) in [5.74, 6) is 2.36. The van der Waals surface area contributed by atoms with Crippen LogP contribution in [0.2, 0.25) is 0 Å². The SMILES string of the molecule is CN=C(NCC(C1CC1)N(C)C)NC1CCN(C(=O)C2CCCCC2)C1.I. The van der Waals surface area contributed by atoms with Crippen molar-refractivity contribution >= 4 is 35.8 Å². The Labute approximate surface area is 181 Å². The molecule has 0 bridgehead atoms. The lowest BCUT2D eigenvalue weighted by Gasteiger charge is -2.27. The second kappa shape index (κ2) is 10.8. The summed E-state index contributed by atoms with van der Waals surface area (Å²) >= 11 is 0. The van der Waals surface area contributed by atoms with Crippen molar-refractivity contribution in [2.75, 3.05) is 40.8 Å². The van der Waals surface area contributed by atoms with E-state index in [2.05, 4.69) is 39.5 Å². The van der Waals surface area contributed by atoms with Crippen LogP contribution >= 0.6 is 24.0 Å². The second-order valence-corrected chi connectivity index (χ2v) is 8.57. The maximum absolute atomic E-state index is 12.7. The van der Waals surface area contributed by atoms with E-state index in [4.69, 9.17) is 0 Å². The van der Waals surface area contributed by atoms with Gasteiger partial charge in [-0.15, -0.1) is 24.0 Å². The van der Waals surface area contributed by atoms with E-state index in [0.29, 0.717) is 18.0 Å². The van der Waals surface area contributed by atoms with E-state index in [9.17, 15) is 4.79 Å². The molecule has 0 spiro atoms. The molecule has 7 heteroatoms. The molecule has 0 aromatic heterocycles. The molecule has 1 heterocycles. The minimum atomic E-state index is 0. The Kier molecular flexibility index (Phi) is 9.11. The number of nitrogens with zero attached hydrogens (tertiary/aromatic N) is 3. The number of likely N-dealkylation sites (tertiary alicyclic amines) is 1. The van der Waals surface area contributed by atoms with Gasteiger partial charge >= 0.3 is 0 Å². The Morgan fingerprint density at radius 3 is 2.44 bits per heavy atom. The summed E-state index contributed by atoms with van der Waals surface area (Å²) in [4.78, 5) is 21.5. The first-order valence-electron chi connectivity index (χ1n) is 10.5. The highest BCUT2D eigenvalue weighted by Crippen LogP contribution is 2.34. The summed E-state index contributed by atoms with van der Waals surface area (Å²) in [6, 6.07) is 0.883. The number of carbonyl (C=O) groups is 1. The molecule has 2 N–H and O–H groups in total. The Morgan fingerprint density at radius 2 is 1.85 bits per heavy atom. The monoisotopic (exact) mass is 491 g/mol. The fraction of sp³-hybridized carbons (Fsp3) is 0.900. The predicted octanol–water partition coefficient (Wildman–Crippen LogP) is 2.29. The molecule has 1 amide bonds. The first kappa shape index (κ1) is 22.7. The van der Waals surface area contributed by atoms with Gasteiger partial charge in [0.25, 0.3) is 0 Å². The fourth-order valence-electron chi connectivity index (χ4n) is 4.53. The van der Waals surface area contributed by atoms with Crippen LogP contribution in [-0.4, -0.2) is 74.5 Å². The molecule has 0 aromatic carbocycles. The molecule has 2 atom stereocenters. The van der Waals surface area contributed by atoms with Gasteiger partial charge in [-0.1, -0.05) is 19.3 Å². The van der Waals surface area contributed by atoms with Crippen molar-refractivity contribution in [2.45, 2.75) is 63.5 Å². The van der Waals surface area contributed by atoms with E-state index >= 15 is 0 Å². The number of likely N-dealkylation sites (N-methyl/N-ethyl adjacent to an activating group) is 1. The van der Waals surface area contributed by atoms with Gasteiger partial charge in [-0.25, -0.2) is 0 Å². The summed E-state index contributed by atoms with van der Waals surface area (Å²) in [6.07, 6.45) is 9.61. The number of guanidine groups is 1. The van der Waals surface area contributed by atoms with Crippen molar-refractivity contribution in [3.63, 3.8) is 0 Å². The molecule has 1 saturated heterocycles. The van der Waals surface area contributed by atoms with Crippen molar-refractivity contribution < 1.29 is 4.79 Å². The summed E-state index contributed by atoms with van der Waals surface area (Å²) < 4.78 is 0. The molecule has 1 aliphatic heterocycles. The fourth-order valence-corrected chi connectivity index (χ4v) is 4.53. The third-order valence-electron chi connectivity index (χ3n) is 6.33. The normalized spacial score (nSPS) is 25.3. The molecular weight excluding hydrogens is 453 g/mol. The zero-order chi connectivity index (χ0) is 18.5. The maximum atomic E-state index is 12.7. The van der Waals surface area contributed by atoms with E-state index in [-0.39, 0.29) is 29.9 Å². The van der Waals surface area contributed by atoms with Gasteiger partial charge in [0.1, 0.15) is 0 Å². The summed E-state index contributed by atoms with van der Waals surface area (Å²) in [5.41, 5.74) is 0. The third kappa shape index (κ3) is 6.48. The van der Waals surface area contributed by atoms with Crippen LogP contribution in [0.4, 0.5) is 0 Å². The Bertz CT molecular complexity index is 501. The minimum Gasteiger partial charge on any atom is -0.355 e. The zero-order valence-corrected chi connectivity index (χ0v) is 19.6. The van der Waals surface area contributed by atoms with Crippen LogP contribution in [0.1, 0.15) is 51.4 Å². The lowest BCUT2D eigenvalue weighted by molar-refractivity contribution is -0.135. The van der Waals surface area contributed by atoms with Crippen LogP contribution in [0, 0.1) is 11.8 Å². The van der Waals surface area contributed by atoms with E-state index in [1.165, 1.54) is 32.1 Å².